The molecule has 4 nitrogen and oxygen atoms in total. The molecule has 7 heteroatoms. The summed E-state index contributed by atoms with van der Waals surface area (Å²) in [6, 6.07) is 18.2. The summed E-state index contributed by atoms with van der Waals surface area (Å²) in [4.78, 5) is 14.9. The van der Waals surface area contributed by atoms with Gasteiger partial charge in [0.1, 0.15) is 0 Å². The van der Waals surface area contributed by atoms with Crippen LogP contribution >= 0.6 is 22.6 Å². The highest BCUT2D eigenvalue weighted by Crippen LogP contribution is 2.47. The standard InChI is InChI=1S/C26H35FINO3Si/c1-19-23(14-11-20-9-12-22(28)13-10-20)32-24(26(19)33(2,3)27)17-25(31)29(15-16-30)18-21-7-5-4-6-8-21/h4-10,12-13,19,23-24,26,30H,11,14-18H2,1-3H3/t19-,23+,24-,26+/m0/s1. The van der Waals surface area contributed by atoms with Gasteiger partial charge in [0.15, 0.2) is 0 Å². The average molecular weight is 584 g/mol. The van der Waals surface area contributed by atoms with E-state index >= 15 is 4.11 Å². The Morgan fingerprint density at radius 2 is 1.76 bits per heavy atom. The second-order valence-electron chi connectivity index (χ2n) is 9.56. The zero-order valence-electron chi connectivity index (χ0n) is 19.7. The van der Waals surface area contributed by atoms with Crippen LogP contribution in [0, 0.1) is 9.49 Å². The van der Waals surface area contributed by atoms with Crippen LogP contribution in [0.3, 0.4) is 0 Å². The molecule has 1 aliphatic heterocycles. The van der Waals surface area contributed by atoms with E-state index in [1.54, 1.807) is 18.0 Å². The maximum absolute atomic E-state index is 15.4. The van der Waals surface area contributed by atoms with Crippen molar-refractivity contribution in [2.24, 2.45) is 5.92 Å². The van der Waals surface area contributed by atoms with Crippen molar-refractivity contribution >= 4 is 36.9 Å². The molecule has 3 rings (SSSR count). The van der Waals surface area contributed by atoms with Gasteiger partial charge in [-0.2, -0.15) is 0 Å². The minimum atomic E-state index is -3.05. The van der Waals surface area contributed by atoms with Gasteiger partial charge in [-0.3, -0.25) is 4.79 Å². The highest BCUT2D eigenvalue weighted by molar-refractivity contribution is 14.1. The Kier molecular flexibility index (Phi) is 9.49. The summed E-state index contributed by atoms with van der Waals surface area (Å²) in [6.07, 6.45) is 1.37. The van der Waals surface area contributed by atoms with Crippen LogP contribution in [0.25, 0.3) is 0 Å². The van der Waals surface area contributed by atoms with Gasteiger partial charge in [-0.25, -0.2) is 0 Å². The van der Waals surface area contributed by atoms with Crippen molar-refractivity contribution in [3.63, 3.8) is 0 Å². The number of hydrogen-bond acceptors (Lipinski definition) is 3. The number of carbonyl (C=O) groups excluding carboxylic acids is 1. The van der Waals surface area contributed by atoms with E-state index < -0.39 is 14.5 Å². The summed E-state index contributed by atoms with van der Waals surface area (Å²) in [7, 11) is -3.05. The van der Waals surface area contributed by atoms with Gasteiger partial charge < -0.3 is 18.9 Å². The largest absolute Gasteiger partial charge is 0.395 e. The van der Waals surface area contributed by atoms with E-state index in [1.807, 2.05) is 30.3 Å². The Bertz CT molecular complexity index is 891. The Labute approximate surface area is 211 Å². The summed E-state index contributed by atoms with van der Waals surface area (Å²) in [5.74, 6) is -0.0228. The lowest BCUT2D eigenvalue weighted by molar-refractivity contribution is -0.135. The van der Waals surface area contributed by atoms with Crippen molar-refractivity contribution in [1.29, 1.82) is 0 Å². The van der Waals surface area contributed by atoms with Crippen molar-refractivity contribution < 1.29 is 18.7 Å². The molecule has 0 aliphatic carbocycles. The minimum Gasteiger partial charge on any atom is -0.395 e. The zero-order chi connectivity index (χ0) is 24.0. The molecule has 0 bridgehead atoms. The van der Waals surface area contributed by atoms with E-state index in [1.165, 1.54) is 9.13 Å². The van der Waals surface area contributed by atoms with Crippen LogP contribution < -0.4 is 0 Å². The molecular formula is C26H35FINO3Si. The van der Waals surface area contributed by atoms with Gasteiger partial charge in [0, 0.05) is 22.2 Å². The van der Waals surface area contributed by atoms with Crippen molar-refractivity contribution in [3.05, 3.63) is 69.3 Å². The maximum atomic E-state index is 15.4. The topological polar surface area (TPSA) is 49.8 Å². The smallest absolute Gasteiger partial charge is 0.246 e. The van der Waals surface area contributed by atoms with Gasteiger partial charge in [-0.15, -0.1) is 0 Å². The number of aliphatic hydroxyl groups excluding tert-OH is 1. The number of halogens is 2. The minimum absolute atomic E-state index is 0.0602. The van der Waals surface area contributed by atoms with Crippen molar-refractivity contribution in [1.82, 2.24) is 4.90 Å². The average Bonchev–Trinajstić information content (AvgIpc) is 3.08. The summed E-state index contributed by atoms with van der Waals surface area (Å²) in [6.45, 7) is 6.12. The third-order valence-corrected chi connectivity index (χ3v) is 9.84. The second-order valence-corrected chi connectivity index (χ2v) is 14.6. The van der Waals surface area contributed by atoms with Crippen molar-refractivity contribution in [2.75, 3.05) is 13.2 Å². The van der Waals surface area contributed by atoms with Crippen LogP contribution in [0.4, 0.5) is 4.11 Å². The molecule has 0 unspecified atom stereocenters. The molecule has 4 atom stereocenters. The van der Waals surface area contributed by atoms with E-state index in [-0.39, 0.29) is 43.0 Å². The summed E-state index contributed by atoms with van der Waals surface area (Å²) in [5.41, 5.74) is 2.03. The van der Waals surface area contributed by atoms with Crippen LogP contribution in [0.1, 0.15) is 30.9 Å². The quantitative estimate of drug-likeness (QED) is 0.226. The lowest BCUT2D eigenvalue weighted by Crippen LogP contribution is -2.40. The predicted molar refractivity (Wildman–Crippen MR) is 141 cm³/mol. The molecule has 33 heavy (non-hydrogen) atoms. The molecule has 0 radical (unpaired) electrons. The summed E-state index contributed by atoms with van der Waals surface area (Å²) < 4.78 is 23.0. The van der Waals surface area contributed by atoms with Gasteiger partial charge in [0.25, 0.3) is 0 Å². The number of benzene rings is 2. The van der Waals surface area contributed by atoms with E-state index in [2.05, 4.69) is 53.8 Å². The summed E-state index contributed by atoms with van der Waals surface area (Å²) >= 11 is 2.30. The Hall–Kier alpha value is -1.29. The van der Waals surface area contributed by atoms with Crippen LogP contribution in [0.15, 0.2) is 54.6 Å². The molecule has 180 valence electrons. The molecule has 1 amide bonds. The fourth-order valence-corrected chi connectivity index (χ4v) is 7.96. The molecular weight excluding hydrogens is 548 g/mol. The van der Waals surface area contributed by atoms with Gasteiger partial charge in [-0.1, -0.05) is 49.4 Å². The van der Waals surface area contributed by atoms with Crippen molar-refractivity contribution in [2.45, 2.75) is 63.6 Å². The van der Waals surface area contributed by atoms with Crippen LogP contribution in [0.2, 0.25) is 18.6 Å². The molecule has 2 aromatic rings. The Morgan fingerprint density at radius 1 is 1.09 bits per heavy atom. The molecule has 1 aliphatic rings. The molecule has 0 saturated carbocycles. The highest BCUT2D eigenvalue weighted by atomic mass is 127. The molecule has 1 fully saturated rings. The fourth-order valence-electron chi connectivity index (χ4n) is 5.05. The van der Waals surface area contributed by atoms with Crippen LogP contribution in [0.5, 0.6) is 0 Å². The number of rotatable bonds is 10. The van der Waals surface area contributed by atoms with Gasteiger partial charge in [-0.05, 0) is 77.7 Å². The van der Waals surface area contributed by atoms with Gasteiger partial charge in [0.2, 0.25) is 14.3 Å². The monoisotopic (exact) mass is 583 g/mol. The molecule has 1 N–H and O–H groups in total. The number of ether oxygens (including phenoxy) is 1. The SMILES string of the molecule is C[C@@H]1[C@@H]([Si](C)(C)F)[C@H](CC(=O)N(CCO)Cc2ccccc2)O[C@@H]1CCc1ccc(I)cc1. The molecule has 1 heterocycles. The maximum Gasteiger partial charge on any atom is 0.246 e. The fraction of sp³-hybridized carbons (Fsp3) is 0.500. The second kappa shape index (κ2) is 11.9. The third-order valence-electron chi connectivity index (χ3n) is 6.64. The van der Waals surface area contributed by atoms with E-state index in [4.69, 9.17) is 4.74 Å². The molecule has 0 spiro atoms. The number of hydrogen-bond donors (Lipinski definition) is 1. The molecule has 1 saturated heterocycles. The molecule has 2 aromatic carbocycles. The van der Waals surface area contributed by atoms with E-state index in [0.717, 1.165) is 18.4 Å². The first-order valence-electron chi connectivity index (χ1n) is 11.7. The number of amides is 1. The van der Waals surface area contributed by atoms with Gasteiger partial charge >= 0.3 is 0 Å². The van der Waals surface area contributed by atoms with Crippen molar-refractivity contribution in [3.8, 4) is 0 Å². The van der Waals surface area contributed by atoms with Crippen LogP contribution in [-0.4, -0.2) is 49.7 Å². The normalized spacial score (nSPS) is 23.0. The van der Waals surface area contributed by atoms with E-state index in [0.29, 0.717) is 6.54 Å². The Morgan fingerprint density at radius 3 is 2.36 bits per heavy atom. The first-order valence-corrected chi connectivity index (χ1v) is 15.7. The zero-order valence-corrected chi connectivity index (χ0v) is 22.9. The number of carbonyl (C=O) groups is 1. The highest BCUT2D eigenvalue weighted by Gasteiger charge is 2.51. The predicted octanol–water partition coefficient (Wildman–Crippen LogP) is 5.58. The Balaban J connectivity index is 1.69. The molecule has 0 aromatic heterocycles. The van der Waals surface area contributed by atoms with E-state index in [9.17, 15) is 9.90 Å². The first kappa shape index (κ1) is 26.3. The number of aryl methyl sites for hydroxylation is 1. The lowest BCUT2D eigenvalue weighted by Gasteiger charge is -2.30. The lowest BCUT2D eigenvalue weighted by atomic mass is 9.95. The van der Waals surface area contributed by atoms with Gasteiger partial charge in [0.05, 0.1) is 25.2 Å². The summed E-state index contributed by atoms with van der Waals surface area (Å²) in [5, 5.41) is 9.51. The number of aliphatic hydroxyl groups is 1. The first-order chi connectivity index (χ1) is 15.7. The third kappa shape index (κ3) is 7.34. The number of nitrogens with zero attached hydrogens (tertiary/aromatic N) is 1. The van der Waals surface area contributed by atoms with Crippen LogP contribution in [-0.2, 0) is 22.5 Å².